The molecule has 2 N–H and O–H groups in total. The van der Waals surface area contributed by atoms with Crippen molar-refractivity contribution in [2.45, 2.75) is 31.2 Å². The van der Waals surface area contributed by atoms with Crippen molar-refractivity contribution < 1.29 is 0 Å². The summed E-state index contributed by atoms with van der Waals surface area (Å²) in [6.07, 6.45) is 6.06. The van der Waals surface area contributed by atoms with Gasteiger partial charge in [-0.15, -0.1) is 0 Å². The van der Waals surface area contributed by atoms with E-state index in [1.54, 1.807) is 5.56 Å². The van der Waals surface area contributed by atoms with Crippen molar-refractivity contribution in [1.29, 1.82) is 0 Å². The standard InChI is InChI=1S/C14H16N2/c1-3-11-10-4-2-6-15-13(10)7-9-8-16-12(5-1)14(9)11/h1,3,5,8,10,13,15-16H,2,4,6-7H2/t10-,13?/m1/s1. The van der Waals surface area contributed by atoms with Crippen LogP contribution in [0.25, 0.3) is 10.9 Å². The van der Waals surface area contributed by atoms with Gasteiger partial charge < -0.3 is 10.3 Å². The van der Waals surface area contributed by atoms with E-state index < -0.39 is 0 Å². The van der Waals surface area contributed by atoms with Crippen LogP contribution in [0.1, 0.15) is 29.9 Å². The van der Waals surface area contributed by atoms with E-state index in [-0.39, 0.29) is 0 Å². The van der Waals surface area contributed by atoms with Crippen molar-refractivity contribution >= 4 is 10.9 Å². The Kier molecular flexibility index (Phi) is 1.71. The van der Waals surface area contributed by atoms with E-state index in [1.807, 2.05) is 0 Å². The smallest absolute Gasteiger partial charge is 0.0459 e. The Hall–Kier alpha value is -1.28. The second kappa shape index (κ2) is 3.11. The van der Waals surface area contributed by atoms with Crippen LogP contribution in [0.15, 0.2) is 24.4 Å². The Morgan fingerprint density at radius 3 is 3.25 bits per heavy atom. The van der Waals surface area contributed by atoms with Crippen molar-refractivity contribution in [1.82, 2.24) is 10.3 Å². The van der Waals surface area contributed by atoms with Crippen LogP contribution >= 0.6 is 0 Å². The van der Waals surface area contributed by atoms with Crippen LogP contribution in [-0.4, -0.2) is 17.6 Å². The Labute approximate surface area is 95.1 Å². The molecule has 2 nitrogen and oxygen atoms in total. The third-order valence-corrected chi connectivity index (χ3v) is 4.24. The quantitative estimate of drug-likeness (QED) is 0.690. The molecule has 16 heavy (non-hydrogen) atoms. The van der Waals surface area contributed by atoms with Crippen LogP contribution in [0.4, 0.5) is 0 Å². The number of hydrogen-bond donors (Lipinski definition) is 2. The van der Waals surface area contributed by atoms with Gasteiger partial charge in [0, 0.05) is 29.1 Å². The van der Waals surface area contributed by atoms with Gasteiger partial charge in [-0.2, -0.15) is 0 Å². The van der Waals surface area contributed by atoms with Crippen LogP contribution in [0.2, 0.25) is 0 Å². The zero-order valence-electron chi connectivity index (χ0n) is 9.29. The number of benzene rings is 1. The maximum Gasteiger partial charge on any atom is 0.0459 e. The van der Waals surface area contributed by atoms with E-state index in [9.17, 15) is 0 Å². The van der Waals surface area contributed by atoms with E-state index in [1.165, 1.54) is 42.3 Å². The summed E-state index contributed by atoms with van der Waals surface area (Å²) in [6.45, 7) is 1.19. The predicted molar refractivity (Wildman–Crippen MR) is 65.8 cm³/mol. The Bertz CT molecular complexity index is 541. The van der Waals surface area contributed by atoms with E-state index in [0.717, 1.165) is 5.92 Å². The van der Waals surface area contributed by atoms with E-state index in [0.29, 0.717) is 6.04 Å². The number of aromatic amines is 1. The highest BCUT2D eigenvalue weighted by Crippen LogP contribution is 2.40. The lowest BCUT2D eigenvalue weighted by molar-refractivity contribution is 0.345. The normalized spacial score (nSPS) is 28.0. The molecule has 2 heteroatoms. The molecule has 2 aromatic rings. The van der Waals surface area contributed by atoms with Gasteiger partial charge >= 0.3 is 0 Å². The molecule has 1 aromatic heterocycles. The second-order valence-electron chi connectivity index (χ2n) is 5.10. The number of hydrogen-bond acceptors (Lipinski definition) is 1. The zero-order chi connectivity index (χ0) is 10.5. The Balaban J connectivity index is 1.98. The molecule has 0 spiro atoms. The fourth-order valence-electron chi connectivity index (χ4n) is 3.53. The SMILES string of the molecule is c1cc2c3c(c[nH]c3c1)CC1NCCC[C@H]21. The fourth-order valence-corrected chi connectivity index (χ4v) is 3.53. The summed E-state index contributed by atoms with van der Waals surface area (Å²) in [5.41, 5.74) is 4.38. The van der Waals surface area contributed by atoms with Crippen LogP contribution in [0.3, 0.4) is 0 Å². The van der Waals surface area contributed by atoms with Crippen molar-refractivity contribution in [3.05, 3.63) is 35.5 Å². The molecule has 0 saturated carbocycles. The number of rotatable bonds is 0. The van der Waals surface area contributed by atoms with Gasteiger partial charge in [-0.25, -0.2) is 0 Å². The summed E-state index contributed by atoms with van der Waals surface area (Å²) >= 11 is 0. The van der Waals surface area contributed by atoms with Crippen LogP contribution in [0.5, 0.6) is 0 Å². The molecular weight excluding hydrogens is 196 g/mol. The fraction of sp³-hybridized carbons (Fsp3) is 0.429. The van der Waals surface area contributed by atoms with Gasteiger partial charge in [-0.1, -0.05) is 12.1 Å². The predicted octanol–water partition coefficient (Wildman–Crippen LogP) is 2.56. The first-order valence-electron chi connectivity index (χ1n) is 6.26. The third-order valence-electron chi connectivity index (χ3n) is 4.24. The minimum atomic E-state index is 0.669. The average Bonchev–Trinajstić information content (AvgIpc) is 2.75. The molecule has 1 aromatic carbocycles. The molecule has 1 unspecified atom stereocenters. The topological polar surface area (TPSA) is 27.8 Å². The molecule has 0 radical (unpaired) electrons. The number of piperidine rings is 1. The highest BCUT2D eigenvalue weighted by Gasteiger charge is 2.32. The molecule has 0 amide bonds. The monoisotopic (exact) mass is 212 g/mol. The van der Waals surface area contributed by atoms with Crippen molar-refractivity contribution in [3.63, 3.8) is 0 Å². The van der Waals surface area contributed by atoms with Gasteiger partial charge in [-0.3, -0.25) is 0 Å². The lowest BCUT2D eigenvalue weighted by Crippen LogP contribution is -2.43. The lowest BCUT2D eigenvalue weighted by atomic mass is 9.76. The minimum absolute atomic E-state index is 0.669. The van der Waals surface area contributed by atoms with E-state index >= 15 is 0 Å². The molecule has 1 fully saturated rings. The first kappa shape index (κ1) is 8.82. The number of aromatic nitrogens is 1. The number of nitrogens with one attached hydrogen (secondary N) is 2. The average molecular weight is 212 g/mol. The molecule has 2 heterocycles. The Morgan fingerprint density at radius 2 is 2.25 bits per heavy atom. The third kappa shape index (κ3) is 1.05. The van der Waals surface area contributed by atoms with Crippen LogP contribution in [0, 0.1) is 0 Å². The van der Waals surface area contributed by atoms with Gasteiger partial charge in [0.1, 0.15) is 0 Å². The van der Waals surface area contributed by atoms with Crippen LogP contribution < -0.4 is 5.32 Å². The molecule has 0 bridgehead atoms. The maximum atomic E-state index is 3.68. The first-order valence-corrected chi connectivity index (χ1v) is 6.26. The lowest BCUT2D eigenvalue weighted by Gasteiger charge is -2.36. The van der Waals surface area contributed by atoms with Crippen molar-refractivity contribution in [2.24, 2.45) is 0 Å². The summed E-state index contributed by atoms with van der Waals surface area (Å²) in [5, 5.41) is 5.19. The molecule has 2 atom stereocenters. The van der Waals surface area contributed by atoms with E-state index in [2.05, 4.69) is 34.7 Å². The van der Waals surface area contributed by atoms with Gasteiger partial charge in [0.05, 0.1) is 0 Å². The highest BCUT2D eigenvalue weighted by atomic mass is 14.9. The summed E-state index contributed by atoms with van der Waals surface area (Å²) < 4.78 is 0. The molecule has 1 saturated heterocycles. The van der Waals surface area contributed by atoms with Crippen molar-refractivity contribution in [2.75, 3.05) is 6.54 Å². The summed E-state index contributed by atoms with van der Waals surface area (Å²) in [6, 6.07) is 7.37. The van der Waals surface area contributed by atoms with E-state index in [4.69, 9.17) is 0 Å². The molecule has 1 aliphatic heterocycles. The zero-order valence-corrected chi connectivity index (χ0v) is 9.29. The first-order chi connectivity index (χ1) is 7.93. The minimum Gasteiger partial charge on any atom is -0.361 e. The maximum absolute atomic E-state index is 3.68. The largest absolute Gasteiger partial charge is 0.361 e. The Morgan fingerprint density at radius 1 is 1.25 bits per heavy atom. The molecule has 1 aliphatic carbocycles. The van der Waals surface area contributed by atoms with Gasteiger partial charge in [-0.05, 0) is 43.0 Å². The summed E-state index contributed by atoms with van der Waals surface area (Å²) in [4.78, 5) is 3.40. The molecular formula is C14H16N2. The van der Waals surface area contributed by atoms with Gasteiger partial charge in [0.25, 0.3) is 0 Å². The summed E-state index contributed by atoms with van der Waals surface area (Å²) in [7, 11) is 0. The molecule has 4 rings (SSSR count). The molecule has 2 aliphatic rings. The highest BCUT2D eigenvalue weighted by molar-refractivity contribution is 5.88. The number of fused-ring (bicyclic) bond motifs is 2. The van der Waals surface area contributed by atoms with Crippen LogP contribution in [-0.2, 0) is 6.42 Å². The van der Waals surface area contributed by atoms with Gasteiger partial charge in [0.15, 0.2) is 0 Å². The second-order valence-corrected chi connectivity index (χ2v) is 5.10. The van der Waals surface area contributed by atoms with Crippen molar-refractivity contribution in [3.8, 4) is 0 Å². The van der Waals surface area contributed by atoms with Gasteiger partial charge in [0.2, 0.25) is 0 Å². The molecule has 82 valence electrons. The summed E-state index contributed by atoms with van der Waals surface area (Å²) in [5.74, 6) is 0.737. The number of H-pyrrole nitrogens is 1.